The number of carbonyl (C=O) groups is 1. The summed E-state index contributed by atoms with van der Waals surface area (Å²) in [6, 6.07) is 9.74. The van der Waals surface area contributed by atoms with Gasteiger partial charge in [-0.15, -0.1) is 11.3 Å². The summed E-state index contributed by atoms with van der Waals surface area (Å²) in [4.78, 5) is 20.5. The number of allylic oxidation sites excluding steroid dienone is 1. The van der Waals surface area contributed by atoms with E-state index in [1.54, 1.807) is 11.5 Å². The molecule has 0 atom stereocenters. The zero-order valence-electron chi connectivity index (χ0n) is 12.8. The molecule has 2 N–H and O–H groups in total. The van der Waals surface area contributed by atoms with E-state index in [-0.39, 0.29) is 5.91 Å². The van der Waals surface area contributed by atoms with E-state index in [4.69, 9.17) is 0 Å². The van der Waals surface area contributed by atoms with Gasteiger partial charge in [-0.05, 0) is 18.6 Å². The second kappa shape index (κ2) is 8.65. The highest BCUT2D eigenvalue weighted by Crippen LogP contribution is 2.15. The summed E-state index contributed by atoms with van der Waals surface area (Å²) in [5, 5.41) is 8.22. The van der Waals surface area contributed by atoms with Gasteiger partial charge < -0.3 is 10.6 Å². The Bertz CT molecular complexity index is 719. The number of aromatic nitrogens is 1. The lowest BCUT2D eigenvalue weighted by Gasteiger charge is -2.03. The number of rotatable bonds is 6. The summed E-state index contributed by atoms with van der Waals surface area (Å²) in [5.41, 5.74) is 1.43. The minimum Gasteiger partial charge on any atom is -0.347 e. The molecule has 0 aliphatic carbocycles. The van der Waals surface area contributed by atoms with Crippen LogP contribution in [0.15, 0.2) is 65.6 Å². The van der Waals surface area contributed by atoms with Crippen LogP contribution >= 0.6 is 11.3 Å². The van der Waals surface area contributed by atoms with E-state index in [0.29, 0.717) is 23.2 Å². The number of thiazole rings is 1. The van der Waals surface area contributed by atoms with Crippen molar-refractivity contribution in [2.24, 2.45) is 4.99 Å². The Kier molecular flexibility index (Phi) is 6.26. The van der Waals surface area contributed by atoms with Crippen molar-refractivity contribution in [3.05, 3.63) is 71.9 Å². The topological polar surface area (TPSA) is 66.4 Å². The van der Waals surface area contributed by atoms with E-state index in [1.165, 1.54) is 17.5 Å². The van der Waals surface area contributed by atoms with E-state index in [0.717, 1.165) is 5.56 Å². The SMILES string of the molecule is C=CN=C(/C=C\C)Nc1nc(C(=O)NCc2ccccc2)cs1. The smallest absolute Gasteiger partial charge is 0.271 e. The zero-order chi connectivity index (χ0) is 16.5. The van der Waals surface area contributed by atoms with Gasteiger partial charge in [0.2, 0.25) is 0 Å². The summed E-state index contributed by atoms with van der Waals surface area (Å²) >= 11 is 1.35. The third-order valence-corrected chi connectivity index (χ3v) is 3.58. The van der Waals surface area contributed by atoms with Crippen molar-refractivity contribution < 1.29 is 4.79 Å². The molecule has 5 nitrogen and oxygen atoms in total. The van der Waals surface area contributed by atoms with Gasteiger partial charge in [0, 0.05) is 18.1 Å². The largest absolute Gasteiger partial charge is 0.347 e. The number of anilines is 1. The van der Waals surface area contributed by atoms with E-state index in [9.17, 15) is 4.79 Å². The fourth-order valence-electron chi connectivity index (χ4n) is 1.79. The van der Waals surface area contributed by atoms with Gasteiger partial charge >= 0.3 is 0 Å². The van der Waals surface area contributed by atoms with Gasteiger partial charge in [0.1, 0.15) is 11.5 Å². The second-order valence-corrected chi connectivity index (χ2v) is 5.39. The van der Waals surface area contributed by atoms with Crippen molar-refractivity contribution in [3.63, 3.8) is 0 Å². The molecule has 118 valence electrons. The molecule has 0 fully saturated rings. The number of nitrogens with one attached hydrogen (secondary N) is 2. The monoisotopic (exact) mass is 326 g/mol. The Morgan fingerprint density at radius 3 is 2.87 bits per heavy atom. The Labute approximate surface area is 139 Å². The third kappa shape index (κ3) is 5.19. The van der Waals surface area contributed by atoms with Gasteiger partial charge in [0.15, 0.2) is 5.13 Å². The fourth-order valence-corrected chi connectivity index (χ4v) is 2.48. The van der Waals surface area contributed by atoms with E-state index >= 15 is 0 Å². The molecular weight excluding hydrogens is 308 g/mol. The second-order valence-electron chi connectivity index (χ2n) is 4.53. The lowest BCUT2D eigenvalue weighted by molar-refractivity contribution is 0.0946. The highest BCUT2D eigenvalue weighted by molar-refractivity contribution is 7.14. The maximum absolute atomic E-state index is 12.1. The van der Waals surface area contributed by atoms with Crippen LogP contribution in [0.2, 0.25) is 0 Å². The van der Waals surface area contributed by atoms with Crippen LogP contribution in [0.4, 0.5) is 5.13 Å². The summed E-state index contributed by atoms with van der Waals surface area (Å²) in [7, 11) is 0. The van der Waals surface area contributed by atoms with Crippen molar-refractivity contribution in [2.45, 2.75) is 13.5 Å². The first-order chi connectivity index (χ1) is 11.2. The highest BCUT2D eigenvalue weighted by Gasteiger charge is 2.11. The molecule has 2 aromatic rings. The number of amides is 1. The molecule has 1 heterocycles. The molecular formula is C17H18N4OS. The summed E-state index contributed by atoms with van der Waals surface area (Å²) in [6.45, 7) is 5.94. The number of benzene rings is 1. The normalized spacial score (nSPS) is 11.4. The maximum Gasteiger partial charge on any atom is 0.271 e. The van der Waals surface area contributed by atoms with Crippen LogP contribution in [-0.2, 0) is 6.54 Å². The predicted octanol–water partition coefficient (Wildman–Crippen LogP) is 3.60. The molecule has 0 saturated heterocycles. The van der Waals surface area contributed by atoms with Crippen molar-refractivity contribution >= 4 is 28.2 Å². The summed E-state index contributed by atoms with van der Waals surface area (Å²) in [6.07, 6.45) is 5.11. The van der Waals surface area contributed by atoms with Crippen molar-refractivity contribution in [3.8, 4) is 0 Å². The van der Waals surface area contributed by atoms with Crippen LogP contribution in [0.25, 0.3) is 0 Å². The Balaban J connectivity index is 1.96. The minimum absolute atomic E-state index is 0.202. The molecule has 0 aliphatic heterocycles. The number of carbonyl (C=O) groups excluding carboxylic acids is 1. The Morgan fingerprint density at radius 2 is 2.17 bits per heavy atom. The van der Waals surface area contributed by atoms with Gasteiger partial charge in [-0.1, -0.05) is 43.0 Å². The van der Waals surface area contributed by atoms with Crippen molar-refractivity contribution in [2.75, 3.05) is 5.32 Å². The zero-order valence-corrected chi connectivity index (χ0v) is 13.6. The molecule has 2 rings (SSSR count). The first kappa shape index (κ1) is 16.6. The quantitative estimate of drug-likeness (QED) is 0.629. The Morgan fingerprint density at radius 1 is 1.39 bits per heavy atom. The first-order valence-corrected chi connectivity index (χ1v) is 7.97. The van der Waals surface area contributed by atoms with E-state index < -0.39 is 0 Å². The molecule has 23 heavy (non-hydrogen) atoms. The number of hydrogen-bond donors (Lipinski definition) is 2. The number of amidine groups is 1. The van der Waals surface area contributed by atoms with Crippen LogP contribution in [0.1, 0.15) is 23.0 Å². The number of aliphatic imine (C=N–C) groups is 1. The minimum atomic E-state index is -0.202. The van der Waals surface area contributed by atoms with Crippen LogP contribution in [0.3, 0.4) is 0 Å². The van der Waals surface area contributed by atoms with E-state index in [2.05, 4.69) is 27.2 Å². The van der Waals surface area contributed by atoms with Gasteiger partial charge in [-0.3, -0.25) is 4.79 Å². The molecule has 0 spiro atoms. The van der Waals surface area contributed by atoms with Gasteiger partial charge in [0.25, 0.3) is 5.91 Å². The van der Waals surface area contributed by atoms with Crippen LogP contribution in [-0.4, -0.2) is 16.7 Å². The number of nitrogens with zero attached hydrogens (tertiary/aromatic N) is 2. The average Bonchev–Trinajstić information content (AvgIpc) is 3.03. The standard InChI is InChI=1S/C17H18N4OS/c1-3-8-15(18-4-2)21-17-20-14(12-23-17)16(22)19-11-13-9-6-5-7-10-13/h3-10,12H,2,11H2,1H3,(H,19,22)(H,18,20,21)/b8-3-. The molecule has 1 aromatic carbocycles. The van der Waals surface area contributed by atoms with Crippen molar-refractivity contribution in [1.29, 1.82) is 0 Å². The molecule has 6 heteroatoms. The lowest BCUT2D eigenvalue weighted by Crippen LogP contribution is -2.23. The lowest BCUT2D eigenvalue weighted by atomic mass is 10.2. The predicted molar refractivity (Wildman–Crippen MR) is 95.8 cm³/mol. The molecule has 0 saturated carbocycles. The first-order valence-electron chi connectivity index (χ1n) is 7.09. The van der Waals surface area contributed by atoms with Crippen molar-refractivity contribution in [1.82, 2.24) is 10.3 Å². The molecule has 0 unspecified atom stereocenters. The van der Waals surface area contributed by atoms with Crippen LogP contribution in [0, 0.1) is 0 Å². The van der Waals surface area contributed by atoms with Crippen LogP contribution in [0.5, 0.6) is 0 Å². The van der Waals surface area contributed by atoms with Gasteiger partial charge in [0.05, 0.1) is 0 Å². The molecule has 0 bridgehead atoms. The maximum atomic E-state index is 12.1. The van der Waals surface area contributed by atoms with Gasteiger partial charge in [-0.25, -0.2) is 9.98 Å². The third-order valence-electron chi connectivity index (χ3n) is 2.82. The molecule has 1 amide bonds. The summed E-state index contributed by atoms with van der Waals surface area (Å²) < 4.78 is 0. The molecule has 1 aromatic heterocycles. The number of hydrogen-bond acceptors (Lipinski definition) is 4. The highest BCUT2D eigenvalue weighted by atomic mass is 32.1. The Hall–Kier alpha value is -2.73. The molecule has 0 aliphatic rings. The van der Waals surface area contributed by atoms with Gasteiger partial charge in [-0.2, -0.15) is 0 Å². The average molecular weight is 326 g/mol. The van der Waals surface area contributed by atoms with E-state index in [1.807, 2.05) is 43.3 Å². The fraction of sp³-hybridized carbons (Fsp3) is 0.118. The van der Waals surface area contributed by atoms with Crippen LogP contribution < -0.4 is 10.6 Å². The summed E-state index contributed by atoms with van der Waals surface area (Å²) in [5.74, 6) is 0.416. The molecule has 0 radical (unpaired) electrons.